The Morgan fingerprint density at radius 2 is 2.10 bits per heavy atom. The molecule has 0 bridgehead atoms. The summed E-state index contributed by atoms with van der Waals surface area (Å²) in [5, 5.41) is 19.0. The molecule has 0 fully saturated rings. The lowest BCUT2D eigenvalue weighted by Gasteiger charge is -2.21. The number of aliphatic hydroxyl groups excluding tert-OH is 1. The van der Waals surface area contributed by atoms with Crippen molar-refractivity contribution in [1.82, 2.24) is 9.88 Å². The summed E-state index contributed by atoms with van der Waals surface area (Å²) in [7, 11) is 0. The number of amides is 1. The van der Waals surface area contributed by atoms with Crippen molar-refractivity contribution in [3.63, 3.8) is 0 Å². The van der Waals surface area contributed by atoms with Gasteiger partial charge in [0.1, 0.15) is 6.61 Å². The molecule has 2 aromatic rings. The van der Waals surface area contributed by atoms with Crippen molar-refractivity contribution in [2.24, 2.45) is 5.73 Å². The molecule has 0 aliphatic carbocycles. The van der Waals surface area contributed by atoms with Crippen LogP contribution in [0, 0.1) is 5.41 Å². The Hall–Kier alpha value is -3.43. The number of hydrogen-bond donors (Lipinski definition) is 4. The number of nitrogens with one attached hydrogen (secondary N) is 2. The number of fused-ring (bicyclic) bond motifs is 1. The van der Waals surface area contributed by atoms with Crippen LogP contribution in [-0.2, 0) is 17.9 Å². The predicted octanol–water partition coefficient (Wildman–Crippen LogP) is 2.63. The molecule has 9 heteroatoms. The van der Waals surface area contributed by atoms with E-state index in [-0.39, 0.29) is 5.91 Å². The van der Waals surface area contributed by atoms with Crippen LogP contribution in [0.25, 0.3) is 11.6 Å². The van der Waals surface area contributed by atoms with Gasteiger partial charge >= 0.3 is 0 Å². The molecule has 1 aromatic heterocycles. The summed E-state index contributed by atoms with van der Waals surface area (Å²) in [6, 6.07) is 6.98. The van der Waals surface area contributed by atoms with Crippen LogP contribution in [0.3, 0.4) is 0 Å². The lowest BCUT2D eigenvalue weighted by Crippen LogP contribution is -2.36. The average molecular weight is 427 g/mol. The first-order valence-electron chi connectivity index (χ1n) is 9.54. The van der Waals surface area contributed by atoms with E-state index >= 15 is 0 Å². The van der Waals surface area contributed by atoms with Crippen molar-refractivity contribution in [1.29, 1.82) is 5.41 Å². The molecule has 0 saturated carbocycles. The summed E-state index contributed by atoms with van der Waals surface area (Å²) in [4.78, 5) is 18.0. The van der Waals surface area contributed by atoms with Crippen LogP contribution >= 0.6 is 0 Å². The van der Waals surface area contributed by atoms with E-state index in [1.54, 1.807) is 47.6 Å². The van der Waals surface area contributed by atoms with Crippen molar-refractivity contribution in [3.05, 3.63) is 71.2 Å². The molecule has 31 heavy (non-hydrogen) atoms. The molecular formula is C22H23F2N5O2. The van der Waals surface area contributed by atoms with Gasteiger partial charge < -0.3 is 21.6 Å². The monoisotopic (exact) mass is 427 g/mol. The van der Waals surface area contributed by atoms with Gasteiger partial charge in [-0.15, -0.1) is 0 Å². The number of carbonyl (C=O) groups excluding carboxylic acids is 1. The molecule has 0 radical (unpaired) electrons. The summed E-state index contributed by atoms with van der Waals surface area (Å²) in [5.74, 6) is -3.52. The van der Waals surface area contributed by atoms with Crippen LogP contribution in [0.5, 0.6) is 0 Å². The molecule has 7 nitrogen and oxygen atoms in total. The fraction of sp³-hybridized carbons (Fsp3) is 0.227. The van der Waals surface area contributed by atoms with E-state index in [4.69, 9.17) is 16.2 Å². The second-order valence-electron chi connectivity index (χ2n) is 7.19. The highest BCUT2D eigenvalue weighted by atomic mass is 19.3. The zero-order valence-electron chi connectivity index (χ0n) is 16.7. The topological polar surface area (TPSA) is 115 Å². The molecule has 1 aromatic carbocycles. The highest BCUT2D eigenvalue weighted by molar-refractivity contribution is 6.10. The minimum absolute atomic E-state index is 0.321. The van der Waals surface area contributed by atoms with E-state index in [9.17, 15) is 13.6 Å². The van der Waals surface area contributed by atoms with Gasteiger partial charge in [-0.25, -0.2) is 8.78 Å². The molecule has 0 atom stereocenters. The summed E-state index contributed by atoms with van der Waals surface area (Å²) in [6.07, 6.45) is 8.50. The van der Waals surface area contributed by atoms with Gasteiger partial charge in [0, 0.05) is 60.8 Å². The van der Waals surface area contributed by atoms with Gasteiger partial charge in [0.25, 0.3) is 5.92 Å². The smallest absolute Gasteiger partial charge is 0.283 e. The van der Waals surface area contributed by atoms with E-state index in [0.717, 1.165) is 17.3 Å². The molecule has 5 N–H and O–H groups in total. The van der Waals surface area contributed by atoms with Crippen molar-refractivity contribution < 1.29 is 18.7 Å². The van der Waals surface area contributed by atoms with E-state index in [2.05, 4.69) is 10.3 Å². The van der Waals surface area contributed by atoms with Gasteiger partial charge in [-0.3, -0.25) is 14.7 Å². The number of alkyl halides is 2. The lowest BCUT2D eigenvalue weighted by atomic mass is 10.0. The number of nitrogens with zero attached hydrogens (tertiary/aromatic N) is 2. The highest BCUT2D eigenvalue weighted by Crippen LogP contribution is 2.28. The zero-order chi connectivity index (χ0) is 22.4. The third-order valence-corrected chi connectivity index (χ3v) is 4.86. The second-order valence-corrected chi connectivity index (χ2v) is 7.19. The molecule has 1 aliphatic rings. The molecule has 1 aliphatic heterocycles. The average Bonchev–Trinajstić information content (AvgIpc) is 3.14. The third kappa shape index (κ3) is 5.59. The third-order valence-electron chi connectivity index (χ3n) is 4.86. The van der Waals surface area contributed by atoms with Crippen LogP contribution in [0.4, 0.5) is 14.5 Å². The molecule has 0 unspecified atom stereocenters. The van der Waals surface area contributed by atoms with Crippen LogP contribution in [0.2, 0.25) is 0 Å². The molecule has 1 amide bonds. The number of hydrogen-bond acceptors (Lipinski definition) is 6. The van der Waals surface area contributed by atoms with Crippen LogP contribution in [-0.4, -0.2) is 46.2 Å². The summed E-state index contributed by atoms with van der Waals surface area (Å²) in [6.45, 7) is -1.02. The summed E-state index contributed by atoms with van der Waals surface area (Å²) < 4.78 is 26.9. The van der Waals surface area contributed by atoms with Crippen molar-refractivity contribution >= 4 is 29.5 Å². The quantitative estimate of drug-likeness (QED) is 0.382. The number of allylic oxidation sites excluding steroid dienone is 1. The van der Waals surface area contributed by atoms with E-state index in [1.807, 2.05) is 0 Å². The number of nitrogens with two attached hydrogens (primary N) is 1. The minimum Gasteiger partial charge on any atom is -0.404 e. The Kier molecular flexibility index (Phi) is 6.88. The van der Waals surface area contributed by atoms with Crippen LogP contribution < -0.4 is 11.1 Å². The molecular weight excluding hydrogens is 404 g/mol. The first-order valence-corrected chi connectivity index (χ1v) is 9.54. The fourth-order valence-electron chi connectivity index (χ4n) is 3.40. The van der Waals surface area contributed by atoms with Gasteiger partial charge in [-0.05, 0) is 41.0 Å². The summed E-state index contributed by atoms with van der Waals surface area (Å²) in [5.41, 5.74) is 9.67. The first kappa shape index (κ1) is 22.3. The number of aliphatic hydroxyl groups is 1. The second kappa shape index (κ2) is 9.59. The number of halogens is 2. The number of rotatable bonds is 8. The molecule has 0 spiro atoms. The number of benzene rings is 1. The van der Waals surface area contributed by atoms with Gasteiger partial charge in [-0.1, -0.05) is 6.07 Å². The predicted molar refractivity (Wildman–Crippen MR) is 115 cm³/mol. The number of pyridine rings is 1. The molecule has 2 heterocycles. The number of anilines is 1. The van der Waals surface area contributed by atoms with Crippen molar-refractivity contribution in [2.75, 3.05) is 18.5 Å². The normalized spacial score (nSPS) is 14.6. The minimum atomic E-state index is -3.15. The summed E-state index contributed by atoms with van der Waals surface area (Å²) >= 11 is 0. The van der Waals surface area contributed by atoms with Gasteiger partial charge in [0.15, 0.2) is 0 Å². The van der Waals surface area contributed by atoms with Gasteiger partial charge in [-0.2, -0.15) is 0 Å². The molecule has 0 saturated heterocycles. The van der Waals surface area contributed by atoms with Gasteiger partial charge in [0.05, 0.1) is 6.54 Å². The maximum atomic E-state index is 13.4. The Morgan fingerprint density at radius 1 is 1.32 bits per heavy atom. The molecule has 162 valence electrons. The van der Waals surface area contributed by atoms with E-state index in [0.29, 0.717) is 35.5 Å². The Morgan fingerprint density at radius 3 is 2.81 bits per heavy atom. The standard InChI is InChI=1S/C22H23F2N5O2/c23-22(24,14-30)13-29-11-16-1-3-19(7-17(16)12-29)28-21(31)4-2-15-10-27-6-5-20(15)18(8-25)9-26/h1-10,25,30H,11-14,26H2,(H,28,31)/b4-2+,18-9+,25-8?. The Balaban J connectivity index is 1.67. The fourth-order valence-corrected chi connectivity index (χ4v) is 3.40. The highest BCUT2D eigenvalue weighted by Gasteiger charge is 2.33. The number of carbonyl (C=O) groups is 1. The van der Waals surface area contributed by atoms with Crippen LogP contribution in [0.1, 0.15) is 22.3 Å². The largest absolute Gasteiger partial charge is 0.404 e. The Labute approximate surface area is 178 Å². The maximum absolute atomic E-state index is 13.4. The SMILES string of the molecule is N=C/C(=C\N)c1ccncc1/C=C/C(=O)Nc1ccc2c(c1)CN(CC(F)(F)CO)C2. The van der Waals surface area contributed by atoms with Gasteiger partial charge in [0.2, 0.25) is 5.91 Å². The first-order chi connectivity index (χ1) is 14.8. The Bertz CT molecular complexity index is 1040. The zero-order valence-corrected chi connectivity index (χ0v) is 16.7. The number of aromatic nitrogens is 1. The van der Waals surface area contributed by atoms with E-state index < -0.39 is 19.1 Å². The maximum Gasteiger partial charge on any atom is 0.283 e. The van der Waals surface area contributed by atoms with Crippen molar-refractivity contribution in [2.45, 2.75) is 19.0 Å². The van der Waals surface area contributed by atoms with E-state index in [1.165, 1.54) is 12.3 Å². The lowest BCUT2D eigenvalue weighted by molar-refractivity contribution is -0.111. The molecule has 3 rings (SSSR count). The van der Waals surface area contributed by atoms with Crippen molar-refractivity contribution in [3.8, 4) is 0 Å². The van der Waals surface area contributed by atoms with Crippen LogP contribution in [0.15, 0.2) is 48.9 Å².